The molecule has 2 aliphatic rings. The maximum Gasteiger partial charge on any atom is 0.573 e. The minimum Gasteiger partial charge on any atom is -0.406 e. The third-order valence-electron chi connectivity index (χ3n) is 8.11. The molecule has 5 nitrogen and oxygen atoms in total. The Labute approximate surface area is 218 Å². The first-order chi connectivity index (χ1) is 18.3. The van der Waals surface area contributed by atoms with Crippen LogP contribution >= 0.6 is 0 Å². The van der Waals surface area contributed by atoms with Crippen molar-refractivity contribution >= 4 is 16.8 Å². The Morgan fingerprint density at radius 3 is 2.45 bits per heavy atom. The fourth-order valence-corrected chi connectivity index (χ4v) is 6.46. The van der Waals surface area contributed by atoms with Crippen LogP contribution in [0.5, 0.6) is 5.75 Å². The predicted molar refractivity (Wildman–Crippen MR) is 139 cm³/mol. The summed E-state index contributed by atoms with van der Waals surface area (Å²) in [7, 11) is 0. The molecule has 2 saturated heterocycles. The maximum absolute atomic E-state index is 13.8. The van der Waals surface area contributed by atoms with Gasteiger partial charge in [-0.2, -0.15) is 5.10 Å². The highest BCUT2D eigenvalue weighted by Gasteiger charge is 2.43. The van der Waals surface area contributed by atoms with Gasteiger partial charge >= 0.3 is 6.36 Å². The van der Waals surface area contributed by atoms with Gasteiger partial charge in [-0.1, -0.05) is 36.4 Å². The number of fused-ring (bicyclic) bond motifs is 3. The molecule has 196 valence electrons. The second-order valence-electron chi connectivity index (χ2n) is 10.4. The topological polar surface area (TPSA) is 58.2 Å². The number of ether oxygens (including phenoxy) is 1. The first-order valence-corrected chi connectivity index (χ1v) is 13.0. The van der Waals surface area contributed by atoms with Gasteiger partial charge in [-0.3, -0.25) is 9.89 Å². The summed E-state index contributed by atoms with van der Waals surface area (Å²) < 4.78 is 41.6. The number of rotatable bonds is 5. The lowest BCUT2D eigenvalue weighted by molar-refractivity contribution is -0.274. The highest BCUT2D eigenvalue weighted by molar-refractivity contribution is 5.98. The summed E-state index contributed by atoms with van der Waals surface area (Å²) in [5.74, 6) is 0.292. The van der Waals surface area contributed by atoms with Crippen LogP contribution in [0.3, 0.4) is 0 Å². The van der Waals surface area contributed by atoms with Crippen molar-refractivity contribution in [1.29, 1.82) is 0 Å². The van der Waals surface area contributed by atoms with E-state index in [2.05, 4.69) is 32.0 Å². The molecule has 1 aromatic heterocycles. The number of nitrogens with zero attached hydrogens (tertiary/aromatic N) is 2. The van der Waals surface area contributed by atoms with Crippen molar-refractivity contribution in [2.24, 2.45) is 5.92 Å². The number of H-pyrrole nitrogens is 1. The molecular weight excluding hydrogens is 491 g/mol. The van der Waals surface area contributed by atoms with Crippen molar-refractivity contribution < 1.29 is 22.7 Å². The van der Waals surface area contributed by atoms with E-state index in [-0.39, 0.29) is 23.7 Å². The second-order valence-corrected chi connectivity index (χ2v) is 10.4. The summed E-state index contributed by atoms with van der Waals surface area (Å²) in [6, 6.07) is 18.1. The van der Waals surface area contributed by atoms with Crippen molar-refractivity contribution in [2.45, 2.75) is 57.5 Å². The summed E-state index contributed by atoms with van der Waals surface area (Å²) in [4.78, 5) is 15.9. The number of aromatic amines is 1. The van der Waals surface area contributed by atoms with E-state index >= 15 is 0 Å². The van der Waals surface area contributed by atoms with Crippen LogP contribution in [-0.2, 0) is 6.42 Å². The number of amides is 1. The fourth-order valence-electron chi connectivity index (χ4n) is 6.46. The van der Waals surface area contributed by atoms with Crippen LogP contribution in [0.4, 0.5) is 13.2 Å². The minimum atomic E-state index is -4.73. The molecule has 2 aliphatic heterocycles. The summed E-state index contributed by atoms with van der Waals surface area (Å²) >= 11 is 0. The first-order valence-electron chi connectivity index (χ1n) is 13.0. The highest BCUT2D eigenvalue weighted by atomic mass is 19.4. The fraction of sp³-hybridized carbons (Fsp3) is 0.333. The number of carbonyl (C=O) groups excluding carboxylic acids is 1. The van der Waals surface area contributed by atoms with Gasteiger partial charge in [-0.25, -0.2) is 0 Å². The van der Waals surface area contributed by atoms with Crippen LogP contribution < -0.4 is 4.74 Å². The zero-order valence-electron chi connectivity index (χ0n) is 21.0. The lowest BCUT2D eigenvalue weighted by Crippen LogP contribution is -2.47. The van der Waals surface area contributed by atoms with Gasteiger partial charge in [0, 0.05) is 23.0 Å². The highest BCUT2D eigenvalue weighted by Crippen LogP contribution is 2.42. The molecule has 38 heavy (non-hydrogen) atoms. The van der Waals surface area contributed by atoms with Crippen molar-refractivity contribution in [2.75, 3.05) is 0 Å². The lowest BCUT2D eigenvalue weighted by atomic mass is 9.84. The van der Waals surface area contributed by atoms with Crippen molar-refractivity contribution in [1.82, 2.24) is 15.1 Å². The van der Waals surface area contributed by atoms with Gasteiger partial charge < -0.3 is 9.64 Å². The number of halogens is 3. The normalized spacial score (nSPS) is 21.2. The Balaban J connectivity index is 1.19. The predicted octanol–water partition coefficient (Wildman–Crippen LogP) is 7.06. The van der Waals surface area contributed by atoms with E-state index in [0.717, 1.165) is 54.3 Å². The van der Waals surface area contributed by atoms with Crippen LogP contribution in [0.25, 0.3) is 22.0 Å². The lowest BCUT2D eigenvalue weighted by Gasteiger charge is -2.39. The molecule has 2 fully saturated rings. The molecule has 6 rings (SSSR count). The number of piperidine rings is 1. The zero-order valence-corrected chi connectivity index (χ0v) is 21.0. The molecule has 0 aliphatic carbocycles. The SMILES string of the molecule is Cc1c(C(=O)N2C3CCC2CC(Cc2cccc4[nH]ncc24)C3)cccc1-c1ccc(OC(F)(F)F)cc1. The van der Waals surface area contributed by atoms with Crippen molar-refractivity contribution in [3.63, 3.8) is 0 Å². The first kappa shape index (κ1) is 24.5. The van der Waals surface area contributed by atoms with Crippen LogP contribution in [0.15, 0.2) is 66.9 Å². The van der Waals surface area contributed by atoms with Crippen LogP contribution in [0, 0.1) is 12.8 Å². The van der Waals surface area contributed by atoms with Crippen LogP contribution in [0.2, 0.25) is 0 Å². The standard InChI is InChI=1S/C30H28F3N3O2/c1-18-25(20-8-12-24(13-9-20)38-30(31,32)33)5-3-6-26(18)29(37)36-22-10-11-23(36)16-19(15-22)14-21-4-2-7-28-27(21)17-34-35-28/h2-9,12-13,17,19,22-23H,10-11,14-16H2,1H3,(H,34,35). The van der Waals surface area contributed by atoms with E-state index in [1.807, 2.05) is 37.4 Å². The van der Waals surface area contributed by atoms with Gasteiger partial charge in [0.15, 0.2) is 0 Å². The minimum absolute atomic E-state index is 0.0456. The van der Waals surface area contributed by atoms with E-state index in [4.69, 9.17) is 0 Å². The van der Waals surface area contributed by atoms with Crippen molar-refractivity contribution in [3.8, 4) is 16.9 Å². The Kier molecular flexibility index (Phi) is 6.13. The van der Waals surface area contributed by atoms with E-state index in [1.54, 1.807) is 12.1 Å². The number of carbonyl (C=O) groups is 1. The summed E-state index contributed by atoms with van der Waals surface area (Å²) in [5.41, 5.74) is 5.39. The Morgan fingerprint density at radius 1 is 1.03 bits per heavy atom. The zero-order chi connectivity index (χ0) is 26.4. The number of nitrogens with one attached hydrogen (secondary N) is 1. The molecule has 0 radical (unpaired) electrons. The Hall–Kier alpha value is -3.81. The molecule has 1 amide bonds. The van der Waals surface area contributed by atoms with Crippen LogP contribution in [-0.4, -0.2) is 39.5 Å². The van der Waals surface area contributed by atoms with Crippen molar-refractivity contribution in [3.05, 3.63) is 83.6 Å². The van der Waals surface area contributed by atoms with Gasteiger partial charge in [-0.05, 0) is 91.5 Å². The molecule has 8 heteroatoms. The number of hydrogen-bond donors (Lipinski definition) is 1. The van der Waals surface area contributed by atoms with E-state index in [9.17, 15) is 18.0 Å². The summed E-state index contributed by atoms with van der Waals surface area (Å²) in [6.45, 7) is 1.91. The monoisotopic (exact) mass is 519 g/mol. The van der Waals surface area contributed by atoms with Gasteiger partial charge in [0.25, 0.3) is 5.91 Å². The van der Waals surface area contributed by atoms with Crippen LogP contribution in [0.1, 0.15) is 47.2 Å². The molecule has 3 aromatic carbocycles. The molecule has 4 aromatic rings. The molecular formula is C30H28F3N3O2. The van der Waals surface area contributed by atoms with E-state index < -0.39 is 6.36 Å². The maximum atomic E-state index is 13.8. The third-order valence-corrected chi connectivity index (χ3v) is 8.11. The number of benzene rings is 3. The molecule has 3 heterocycles. The van der Waals surface area contributed by atoms with Gasteiger partial charge in [-0.15, -0.1) is 13.2 Å². The largest absolute Gasteiger partial charge is 0.573 e. The number of hydrogen-bond acceptors (Lipinski definition) is 3. The average molecular weight is 520 g/mol. The number of alkyl halides is 3. The van der Waals surface area contributed by atoms with E-state index in [0.29, 0.717) is 11.5 Å². The quantitative estimate of drug-likeness (QED) is 0.307. The Bertz CT molecular complexity index is 1460. The third kappa shape index (κ3) is 4.64. The molecule has 2 bridgehead atoms. The summed E-state index contributed by atoms with van der Waals surface area (Å²) in [5, 5.41) is 8.41. The second kappa shape index (κ2) is 9.49. The molecule has 2 unspecified atom stereocenters. The Morgan fingerprint density at radius 2 is 1.74 bits per heavy atom. The smallest absolute Gasteiger partial charge is 0.406 e. The average Bonchev–Trinajstić information content (AvgIpc) is 3.46. The molecule has 2 atom stereocenters. The summed E-state index contributed by atoms with van der Waals surface area (Å²) in [6.07, 6.45) is 2.14. The number of aromatic nitrogens is 2. The van der Waals surface area contributed by atoms with Gasteiger partial charge in [0.2, 0.25) is 0 Å². The molecule has 1 N–H and O–H groups in total. The molecule has 0 spiro atoms. The molecule has 0 saturated carbocycles. The van der Waals surface area contributed by atoms with Gasteiger partial charge in [0.1, 0.15) is 5.75 Å². The van der Waals surface area contributed by atoms with E-state index in [1.165, 1.54) is 23.1 Å². The van der Waals surface area contributed by atoms with Gasteiger partial charge in [0.05, 0.1) is 11.7 Å².